The minimum atomic E-state index is -3.39. The standard InChI is InChI=1S/C27H36N2O3S/c1-3-26(24-13-12-21-9-6-7-10-23(21)18-24)28-27(30)22-14-16-29(17-15-22)33(31,32)19-25-11-5-4-8-20(25)2/h4-5,8,11-13,18,22,26H,3,6-7,9-10,14-17,19H2,1-2H3,(H,28,30)/t26-/m0/s1. The molecule has 1 aliphatic carbocycles. The molecular formula is C27H36N2O3S. The summed E-state index contributed by atoms with van der Waals surface area (Å²) in [4.78, 5) is 13.0. The third-order valence-electron chi connectivity index (χ3n) is 7.32. The molecule has 0 aromatic heterocycles. The fraction of sp³-hybridized carbons (Fsp3) is 0.519. The number of nitrogens with one attached hydrogen (secondary N) is 1. The molecule has 1 heterocycles. The quantitative estimate of drug-likeness (QED) is 0.641. The Morgan fingerprint density at radius 3 is 2.45 bits per heavy atom. The van der Waals surface area contributed by atoms with E-state index in [1.165, 1.54) is 29.5 Å². The van der Waals surface area contributed by atoms with E-state index in [-0.39, 0.29) is 23.6 Å². The molecule has 0 spiro atoms. The molecule has 6 heteroatoms. The highest BCUT2D eigenvalue weighted by atomic mass is 32.2. The average molecular weight is 469 g/mol. The first kappa shape index (κ1) is 24.0. The Hall–Kier alpha value is -2.18. The van der Waals surface area contributed by atoms with Crippen LogP contribution in [0.5, 0.6) is 0 Å². The number of benzene rings is 2. The molecule has 0 unspecified atom stereocenters. The first-order valence-corrected chi connectivity index (χ1v) is 13.9. The maximum Gasteiger partial charge on any atom is 0.223 e. The lowest BCUT2D eigenvalue weighted by Crippen LogP contribution is -2.44. The number of rotatable bonds is 7. The van der Waals surface area contributed by atoms with E-state index in [1.54, 1.807) is 4.31 Å². The molecule has 5 nitrogen and oxygen atoms in total. The summed E-state index contributed by atoms with van der Waals surface area (Å²) in [5, 5.41) is 3.25. The lowest BCUT2D eigenvalue weighted by Gasteiger charge is -2.31. The van der Waals surface area contributed by atoms with E-state index < -0.39 is 10.0 Å². The summed E-state index contributed by atoms with van der Waals surface area (Å²) in [6.07, 6.45) is 6.77. The van der Waals surface area contributed by atoms with E-state index in [4.69, 9.17) is 0 Å². The van der Waals surface area contributed by atoms with Crippen molar-refractivity contribution in [2.24, 2.45) is 5.92 Å². The number of hydrogen-bond donors (Lipinski definition) is 1. The van der Waals surface area contributed by atoms with Gasteiger partial charge in [0.05, 0.1) is 11.8 Å². The largest absolute Gasteiger partial charge is 0.349 e. The van der Waals surface area contributed by atoms with Crippen LogP contribution in [0, 0.1) is 12.8 Å². The number of carbonyl (C=O) groups excluding carboxylic acids is 1. The topological polar surface area (TPSA) is 66.5 Å². The molecule has 1 fully saturated rings. The van der Waals surface area contributed by atoms with Crippen molar-refractivity contribution in [3.63, 3.8) is 0 Å². The van der Waals surface area contributed by atoms with Gasteiger partial charge in [-0.05, 0) is 79.7 Å². The van der Waals surface area contributed by atoms with Crippen molar-refractivity contribution in [3.8, 4) is 0 Å². The van der Waals surface area contributed by atoms with Crippen LogP contribution in [0.1, 0.15) is 72.9 Å². The molecule has 1 N–H and O–H groups in total. The van der Waals surface area contributed by atoms with Gasteiger partial charge >= 0.3 is 0 Å². The van der Waals surface area contributed by atoms with Gasteiger partial charge in [0.2, 0.25) is 15.9 Å². The van der Waals surface area contributed by atoms with E-state index in [0.29, 0.717) is 25.9 Å². The predicted molar refractivity (Wildman–Crippen MR) is 132 cm³/mol. The van der Waals surface area contributed by atoms with Gasteiger partial charge in [-0.25, -0.2) is 12.7 Å². The Balaban J connectivity index is 1.34. The van der Waals surface area contributed by atoms with E-state index in [2.05, 4.69) is 30.4 Å². The van der Waals surface area contributed by atoms with Crippen molar-refractivity contribution < 1.29 is 13.2 Å². The summed E-state index contributed by atoms with van der Waals surface area (Å²) < 4.78 is 27.4. The molecule has 2 aromatic rings. The fourth-order valence-electron chi connectivity index (χ4n) is 5.14. The summed E-state index contributed by atoms with van der Waals surface area (Å²) in [7, 11) is -3.39. The monoisotopic (exact) mass is 468 g/mol. The summed E-state index contributed by atoms with van der Waals surface area (Å²) in [5.41, 5.74) is 5.89. The molecular weight excluding hydrogens is 432 g/mol. The van der Waals surface area contributed by atoms with Gasteiger partial charge in [0.15, 0.2) is 0 Å². The molecule has 2 aromatic carbocycles. The van der Waals surface area contributed by atoms with E-state index in [1.807, 2.05) is 31.2 Å². The lowest BCUT2D eigenvalue weighted by molar-refractivity contribution is -0.126. The van der Waals surface area contributed by atoms with Crippen LogP contribution in [-0.4, -0.2) is 31.7 Å². The van der Waals surface area contributed by atoms with Gasteiger partial charge in [0, 0.05) is 19.0 Å². The van der Waals surface area contributed by atoms with Crippen molar-refractivity contribution in [3.05, 3.63) is 70.3 Å². The zero-order valence-electron chi connectivity index (χ0n) is 19.8. The van der Waals surface area contributed by atoms with Gasteiger partial charge in [-0.2, -0.15) is 0 Å². The second kappa shape index (κ2) is 10.4. The molecule has 1 aliphatic heterocycles. The molecule has 33 heavy (non-hydrogen) atoms. The Morgan fingerprint density at radius 2 is 1.76 bits per heavy atom. The fourth-order valence-corrected chi connectivity index (χ4v) is 6.80. The van der Waals surface area contributed by atoms with Crippen LogP contribution in [0.15, 0.2) is 42.5 Å². The van der Waals surface area contributed by atoms with Crippen molar-refractivity contribution in [2.45, 2.75) is 70.6 Å². The van der Waals surface area contributed by atoms with Crippen molar-refractivity contribution in [2.75, 3.05) is 13.1 Å². The van der Waals surface area contributed by atoms with Gasteiger partial charge < -0.3 is 5.32 Å². The van der Waals surface area contributed by atoms with Crippen LogP contribution < -0.4 is 5.32 Å². The average Bonchev–Trinajstić information content (AvgIpc) is 2.83. The van der Waals surface area contributed by atoms with Gasteiger partial charge in [-0.3, -0.25) is 4.79 Å². The Bertz CT molecular complexity index is 1090. The molecule has 1 atom stereocenters. The summed E-state index contributed by atoms with van der Waals surface area (Å²) in [5.74, 6) is -0.0654. The summed E-state index contributed by atoms with van der Waals surface area (Å²) in [6.45, 7) is 4.85. The van der Waals surface area contributed by atoms with Gasteiger partial charge in [0.25, 0.3) is 0 Å². The maximum atomic E-state index is 13.0. The number of carbonyl (C=O) groups is 1. The van der Waals surface area contributed by atoms with Crippen LogP contribution in [0.4, 0.5) is 0 Å². The van der Waals surface area contributed by atoms with Gasteiger partial charge in [0.1, 0.15) is 0 Å². The second-order valence-corrected chi connectivity index (χ2v) is 11.5. The molecule has 2 aliphatic rings. The summed E-state index contributed by atoms with van der Waals surface area (Å²) in [6, 6.07) is 14.3. The SMILES string of the molecule is CC[C@H](NC(=O)C1CCN(S(=O)(=O)Cc2ccccc2C)CC1)c1ccc2c(c1)CCCC2. The molecule has 0 bridgehead atoms. The van der Waals surface area contributed by atoms with Crippen LogP contribution in [0.3, 0.4) is 0 Å². The normalized spacial score (nSPS) is 18.5. The smallest absolute Gasteiger partial charge is 0.223 e. The van der Waals surface area contributed by atoms with Crippen molar-refractivity contribution in [1.82, 2.24) is 9.62 Å². The predicted octanol–water partition coefficient (Wildman–Crippen LogP) is 4.68. The van der Waals surface area contributed by atoms with Crippen LogP contribution in [-0.2, 0) is 33.4 Å². The number of sulfonamides is 1. The van der Waals surface area contributed by atoms with E-state index >= 15 is 0 Å². The Labute approximate surface area is 198 Å². The number of hydrogen-bond acceptors (Lipinski definition) is 3. The molecule has 4 rings (SSSR count). The second-order valence-electron chi connectivity index (χ2n) is 9.56. The molecule has 1 saturated heterocycles. The van der Waals surface area contributed by atoms with E-state index in [0.717, 1.165) is 30.4 Å². The zero-order chi connectivity index (χ0) is 23.4. The maximum absolute atomic E-state index is 13.0. The van der Waals surface area contributed by atoms with Gasteiger partial charge in [-0.15, -0.1) is 0 Å². The number of amides is 1. The van der Waals surface area contributed by atoms with Crippen LogP contribution in [0.25, 0.3) is 0 Å². The highest BCUT2D eigenvalue weighted by molar-refractivity contribution is 7.88. The molecule has 178 valence electrons. The third-order valence-corrected chi connectivity index (χ3v) is 9.14. The molecule has 1 amide bonds. The number of aryl methyl sites for hydroxylation is 3. The van der Waals surface area contributed by atoms with E-state index in [9.17, 15) is 13.2 Å². The Kier molecular flexibility index (Phi) is 7.55. The minimum absolute atomic E-state index is 0.00699. The number of piperidine rings is 1. The number of fused-ring (bicyclic) bond motifs is 1. The number of nitrogens with zero attached hydrogens (tertiary/aromatic N) is 1. The Morgan fingerprint density at radius 1 is 1.06 bits per heavy atom. The first-order chi connectivity index (χ1) is 15.9. The van der Waals surface area contributed by atoms with Gasteiger partial charge in [-0.1, -0.05) is 49.4 Å². The first-order valence-electron chi connectivity index (χ1n) is 12.3. The minimum Gasteiger partial charge on any atom is -0.349 e. The van der Waals surface area contributed by atoms with Crippen molar-refractivity contribution in [1.29, 1.82) is 0 Å². The molecule has 0 radical (unpaired) electrons. The summed E-state index contributed by atoms with van der Waals surface area (Å²) >= 11 is 0. The zero-order valence-corrected chi connectivity index (χ0v) is 20.7. The third kappa shape index (κ3) is 5.67. The lowest BCUT2D eigenvalue weighted by atomic mass is 9.88. The van der Waals surface area contributed by atoms with Crippen LogP contribution in [0.2, 0.25) is 0 Å². The van der Waals surface area contributed by atoms with Crippen molar-refractivity contribution >= 4 is 15.9 Å². The van der Waals surface area contributed by atoms with Crippen LogP contribution >= 0.6 is 0 Å². The highest BCUT2D eigenvalue weighted by Gasteiger charge is 2.32. The molecule has 0 saturated carbocycles. The highest BCUT2D eigenvalue weighted by Crippen LogP contribution is 2.28.